The number of carbonyl (C=O) groups is 2. The Labute approximate surface area is 194 Å². The van der Waals surface area contributed by atoms with Crippen molar-refractivity contribution >= 4 is 35.0 Å². The number of aliphatic hydroxyl groups is 2. The molecule has 172 valence electrons. The van der Waals surface area contributed by atoms with E-state index in [9.17, 15) is 24.2 Å². The molecule has 0 radical (unpaired) electrons. The summed E-state index contributed by atoms with van der Waals surface area (Å²) in [7, 11) is 0. The molecular formula is C22H23Cl2FN2O5. The lowest BCUT2D eigenvalue weighted by Crippen LogP contribution is -2.61. The van der Waals surface area contributed by atoms with Crippen LogP contribution in [0, 0.1) is 5.82 Å². The molecule has 32 heavy (non-hydrogen) atoms. The normalized spacial score (nSPS) is 15.6. The van der Waals surface area contributed by atoms with Crippen LogP contribution in [0.2, 0.25) is 10.0 Å². The second kappa shape index (κ2) is 10.5. The summed E-state index contributed by atoms with van der Waals surface area (Å²) in [6, 6.07) is 10.6. The number of ether oxygens (including phenoxy) is 1. The number of benzene rings is 2. The minimum Gasteiger partial charge on any atom is -0.484 e. The van der Waals surface area contributed by atoms with Gasteiger partial charge in [-0.15, -0.1) is 0 Å². The molecule has 2 aromatic carbocycles. The number of β-amino-alcohol motifs (C(OH)–C–C–N with tert-alkyl or cyclic N) is 1. The van der Waals surface area contributed by atoms with Crippen LogP contribution >= 0.6 is 23.2 Å². The van der Waals surface area contributed by atoms with E-state index in [-0.39, 0.29) is 55.8 Å². The number of hydrogen-bond donors (Lipinski definition) is 3. The molecular weight excluding hydrogens is 462 g/mol. The molecule has 1 aliphatic heterocycles. The number of amides is 2. The molecule has 7 nitrogen and oxygen atoms in total. The quantitative estimate of drug-likeness (QED) is 0.507. The molecule has 1 fully saturated rings. The van der Waals surface area contributed by atoms with Gasteiger partial charge >= 0.3 is 0 Å². The lowest BCUT2D eigenvalue weighted by Gasteiger charge is -2.47. The van der Waals surface area contributed by atoms with E-state index in [1.165, 1.54) is 17.0 Å². The Hall–Kier alpha value is -2.39. The number of aliphatic hydroxyl groups excluding tert-OH is 1. The molecule has 1 aliphatic rings. The van der Waals surface area contributed by atoms with Crippen LogP contribution in [-0.2, 0) is 15.2 Å². The zero-order valence-electron chi connectivity index (χ0n) is 17.1. The first-order chi connectivity index (χ1) is 15.2. The maximum atomic E-state index is 13.3. The molecule has 0 bridgehead atoms. The average molecular weight is 485 g/mol. The molecule has 0 spiro atoms. The van der Waals surface area contributed by atoms with Gasteiger partial charge in [0.1, 0.15) is 17.2 Å². The van der Waals surface area contributed by atoms with Crippen molar-refractivity contribution in [2.75, 3.05) is 26.2 Å². The minimum absolute atomic E-state index is 0.0433. The topological polar surface area (TPSA) is 99.1 Å². The molecule has 10 heteroatoms. The van der Waals surface area contributed by atoms with Crippen molar-refractivity contribution in [2.45, 2.75) is 24.5 Å². The molecule has 1 saturated heterocycles. The van der Waals surface area contributed by atoms with Gasteiger partial charge in [-0.2, -0.15) is 0 Å². The van der Waals surface area contributed by atoms with Gasteiger partial charge in [-0.05, 0) is 36.2 Å². The van der Waals surface area contributed by atoms with Gasteiger partial charge in [0.05, 0.1) is 30.6 Å². The monoisotopic (exact) mass is 484 g/mol. The summed E-state index contributed by atoms with van der Waals surface area (Å²) < 4.78 is 18.5. The molecule has 0 aromatic heterocycles. The van der Waals surface area contributed by atoms with Crippen LogP contribution in [0.1, 0.15) is 18.4 Å². The summed E-state index contributed by atoms with van der Waals surface area (Å²) in [5, 5.41) is 23.8. The van der Waals surface area contributed by atoms with E-state index in [2.05, 4.69) is 5.32 Å². The smallest absolute Gasteiger partial charge is 0.257 e. The van der Waals surface area contributed by atoms with Crippen LogP contribution in [0.3, 0.4) is 0 Å². The van der Waals surface area contributed by atoms with Crippen LogP contribution in [0.5, 0.6) is 5.75 Å². The third-order valence-electron chi connectivity index (χ3n) is 5.11. The van der Waals surface area contributed by atoms with E-state index in [1.54, 1.807) is 24.3 Å². The van der Waals surface area contributed by atoms with Gasteiger partial charge in [0.15, 0.2) is 6.61 Å². The highest BCUT2D eigenvalue weighted by atomic mass is 35.5. The number of halogens is 3. The first kappa shape index (κ1) is 24.3. The van der Waals surface area contributed by atoms with Crippen LogP contribution in [0.4, 0.5) is 4.39 Å². The fourth-order valence-corrected chi connectivity index (χ4v) is 3.53. The maximum Gasteiger partial charge on any atom is 0.257 e. The zero-order chi connectivity index (χ0) is 23.3. The van der Waals surface area contributed by atoms with Crippen molar-refractivity contribution < 1.29 is 28.9 Å². The summed E-state index contributed by atoms with van der Waals surface area (Å²) >= 11 is 11.4. The van der Waals surface area contributed by atoms with Crippen molar-refractivity contribution in [3.05, 3.63) is 63.9 Å². The van der Waals surface area contributed by atoms with Gasteiger partial charge in [0.25, 0.3) is 5.91 Å². The Morgan fingerprint density at radius 2 is 1.88 bits per heavy atom. The van der Waals surface area contributed by atoms with Crippen molar-refractivity contribution in [1.82, 2.24) is 10.2 Å². The number of nitrogens with one attached hydrogen (secondary N) is 1. The van der Waals surface area contributed by atoms with E-state index >= 15 is 0 Å². The molecule has 2 amide bonds. The van der Waals surface area contributed by atoms with Crippen molar-refractivity contribution in [3.63, 3.8) is 0 Å². The highest BCUT2D eigenvalue weighted by Crippen LogP contribution is 2.33. The Balaban J connectivity index is 1.33. The fraction of sp³-hybridized carbons (Fsp3) is 0.364. The second-order valence-electron chi connectivity index (χ2n) is 7.65. The van der Waals surface area contributed by atoms with Gasteiger partial charge in [0, 0.05) is 17.6 Å². The predicted octanol–water partition coefficient (Wildman–Crippen LogP) is 2.50. The standard InChI is InChI=1S/C22H23Cl2FN2O5/c23-15-3-1-14(2-4-15)22(31)12-27(13-22)21(30)9-16(28)7-8-26-20(29)11-32-17-5-6-18(24)19(25)10-17/h1-6,10,16,28,31H,7-9,11-13H2,(H,26,29)/t16-/m0/s1. The van der Waals surface area contributed by atoms with E-state index in [4.69, 9.17) is 27.9 Å². The van der Waals surface area contributed by atoms with E-state index in [0.717, 1.165) is 6.07 Å². The molecule has 3 N–H and O–H groups in total. The highest BCUT2D eigenvalue weighted by molar-refractivity contribution is 6.30. The third kappa shape index (κ3) is 6.32. The van der Waals surface area contributed by atoms with Crippen molar-refractivity contribution in [3.8, 4) is 5.75 Å². The molecule has 0 saturated carbocycles. The number of rotatable bonds is 9. The van der Waals surface area contributed by atoms with Crippen LogP contribution in [0.25, 0.3) is 0 Å². The third-order valence-corrected chi connectivity index (χ3v) is 5.67. The first-order valence-corrected chi connectivity index (χ1v) is 10.7. The SMILES string of the molecule is O=C(COc1ccc(Cl)c(F)c1)NCC[C@H](O)CC(=O)N1CC(O)(c2ccc(Cl)cc2)C1. The summed E-state index contributed by atoms with van der Waals surface area (Å²) in [6.45, 7) is 0.0899. The maximum absolute atomic E-state index is 13.3. The molecule has 2 aromatic rings. The molecule has 3 rings (SSSR count). The van der Waals surface area contributed by atoms with Gasteiger partial charge in [-0.25, -0.2) is 4.39 Å². The van der Waals surface area contributed by atoms with Crippen LogP contribution < -0.4 is 10.1 Å². The number of likely N-dealkylation sites (tertiary alicyclic amines) is 1. The molecule has 0 aliphatic carbocycles. The number of carbonyl (C=O) groups excluding carboxylic acids is 2. The number of hydrogen-bond acceptors (Lipinski definition) is 5. The van der Waals surface area contributed by atoms with E-state index < -0.39 is 23.4 Å². The molecule has 1 atom stereocenters. The van der Waals surface area contributed by atoms with Gasteiger partial charge in [0.2, 0.25) is 5.91 Å². The first-order valence-electron chi connectivity index (χ1n) is 9.95. The van der Waals surface area contributed by atoms with Crippen molar-refractivity contribution in [2.24, 2.45) is 0 Å². The number of nitrogens with zero attached hydrogens (tertiary/aromatic N) is 1. The summed E-state index contributed by atoms with van der Waals surface area (Å²) in [4.78, 5) is 25.6. The van der Waals surface area contributed by atoms with Gasteiger partial charge in [-0.1, -0.05) is 35.3 Å². The lowest BCUT2D eigenvalue weighted by atomic mass is 9.86. The molecule has 0 unspecified atom stereocenters. The summed E-state index contributed by atoms with van der Waals surface area (Å²) in [5.41, 5.74) is -0.440. The minimum atomic E-state index is -1.12. The van der Waals surface area contributed by atoms with Gasteiger partial charge in [-0.3, -0.25) is 9.59 Å². The highest BCUT2D eigenvalue weighted by Gasteiger charge is 2.44. The van der Waals surface area contributed by atoms with E-state index in [1.807, 2.05) is 0 Å². The Kier molecular flexibility index (Phi) is 7.95. The fourth-order valence-electron chi connectivity index (χ4n) is 3.28. The average Bonchev–Trinajstić information content (AvgIpc) is 2.72. The summed E-state index contributed by atoms with van der Waals surface area (Å²) in [5.74, 6) is -1.21. The van der Waals surface area contributed by atoms with Crippen LogP contribution in [0.15, 0.2) is 42.5 Å². The Morgan fingerprint density at radius 3 is 2.53 bits per heavy atom. The van der Waals surface area contributed by atoms with Crippen molar-refractivity contribution in [1.29, 1.82) is 0 Å². The predicted molar refractivity (Wildman–Crippen MR) is 117 cm³/mol. The largest absolute Gasteiger partial charge is 0.484 e. The molecule has 1 heterocycles. The van der Waals surface area contributed by atoms with E-state index in [0.29, 0.717) is 10.6 Å². The van der Waals surface area contributed by atoms with Crippen LogP contribution in [-0.4, -0.2) is 59.3 Å². The summed E-state index contributed by atoms with van der Waals surface area (Å²) in [6.07, 6.45) is -0.895. The van der Waals surface area contributed by atoms with Gasteiger partial charge < -0.3 is 25.2 Å². The lowest BCUT2D eigenvalue weighted by molar-refractivity contribution is -0.159. The Morgan fingerprint density at radius 1 is 1.19 bits per heavy atom. The Bertz CT molecular complexity index is 967. The second-order valence-corrected chi connectivity index (χ2v) is 8.49. The zero-order valence-corrected chi connectivity index (χ0v) is 18.6.